The van der Waals surface area contributed by atoms with Crippen LogP contribution in [0.3, 0.4) is 0 Å². The first-order valence-corrected chi connectivity index (χ1v) is 4.54. The van der Waals surface area contributed by atoms with Gasteiger partial charge in [-0.05, 0) is 12.5 Å². The van der Waals surface area contributed by atoms with Crippen molar-refractivity contribution in [3.05, 3.63) is 36.7 Å². The average Bonchev–Trinajstić information content (AvgIpc) is 2.17. The predicted molar refractivity (Wildman–Crippen MR) is 56.5 cm³/mol. The molecule has 2 N–H and O–H groups in total. The molecule has 0 saturated carbocycles. The second-order valence-electron chi connectivity index (χ2n) is 2.98. The quantitative estimate of drug-likeness (QED) is 0.421. The Balaban J connectivity index is 2.69. The van der Waals surface area contributed by atoms with E-state index in [9.17, 15) is 4.39 Å². The van der Waals surface area contributed by atoms with Gasteiger partial charge in [0.05, 0.1) is 6.61 Å². The molecule has 0 aliphatic carbocycles. The first kappa shape index (κ1) is 11.7. The number of rotatable bonds is 5. The van der Waals surface area contributed by atoms with Crippen LogP contribution in [0.4, 0.5) is 4.39 Å². The van der Waals surface area contributed by atoms with Crippen molar-refractivity contribution in [1.82, 2.24) is 0 Å². The van der Waals surface area contributed by atoms with E-state index in [1.54, 1.807) is 6.08 Å². The Morgan fingerprint density at radius 1 is 1.47 bits per heavy atom. The summed E-state index contributed by atoms with van der Waals surface area (Å²) in [6.45, 7) is 3.95. The Kier molecular flexibility index (Phi) is 4.33. The summed E-state index contributed by atoms with van der Waals surface area (Å²) >= 11 is 0. The zero-order valence-electron chi connectivity index (χ0n) is 8.19. The van der Waals surface area contributed by atoms with Gasteiger partial charge in [0.1, 0.15) is 11.6 Å². The smallest absolute Gasteiger partial charge is 0.491 e. The van der Waals surface area contributed by atoms with E-state index in [1.165, 1.54) is 12.1 Å². The standard InChI is InChI=1S/C10H12BFO3/c1-2-3-6-15-8-4-5-9(11(13)14)10(12)7-8/h2,4-5,7,13-14H,1,3,6H2. The molecule has 0 saturated heterocycles. The Morgan fingerprint density at radius 3 is 2.73 bits per heavy atom. The molecule has 1 rings (SSSR count). The molecule has 0 bridgehead atoms. The number of benzene rings is 1. The molecule has 0 radical (unpaired) electrons. The number of hydrogen-bond donors (Lipinski definition) is 2. The van der Waals surface area contributed by atoms with E-state index in [0.717, 1.165) is 6.07 Å². The van der Waals surface area contributed by atoms with Gasteiger partial charge in [-0.2, -0.15) is 0 Å². The van der Waals surface area contributed by atoms with Crippen molar-refractivity contribution in [1.29, 1.82) is 0 Å². The molecule has 1 aromatic rings. The SMILES string of the molecule is C=CCCOc1ccc(B(O)O)c(F)c1. The molecule has 0 spiro atoms. The molecule has 80 valence electrons. The highest BCUT2D eigenvalue weighted by Crippen LogP contribution is 2.11. The van der Waals surface area contributed by atoms with Gasteiger partial charge < -0.3 is 14.8 Å². The molecule has 1 aromatic carbocycles. The van der Waals surface area contributed by atoms with Crippen molar-refractivity contribution in [3.8, 4) is 5.75 Å². The molecular formula is C10H12BFO3. The Hall–Kier alpha value is -1.33. The predicted octanol–water partition coefficient (Wildman–Crippen LogP) is 0.460. The third-order valence-electron chi connectivity index (χ3n) is 1.84. The largest absolute Gasteiger partial charge is 0.493 e. The van der Waals surface area contributed by atoms with Gasteiger partial charge in [-0.25, -0.2) is 4.39 Å². The minimum Gasteiger partial charge on any atom is -0.493 e. The second kappa shape index (κ2) is 5.53. The van der Waals surface area contributed by atoms with Crippen LogP contribution >= 0.6 is 0 Å². The lowest BCUT2D eigenvalue weighted by molar-refractivity contribution is 0.323. The van der Waals surface area contributed by atoms with Crippen LogP contribution < -0.4 is 10.2 Å². The molecular weight excluding hydrogens is 198 g/mol. The van der Waals surface area contributed by atoms with Crippen molar-refractivity contribution in [3.63, 3.8) is 0 Å². The van der Waals surface area contributed by atoms with Gasteiger partial charge in [0, 0.05) is 11.5 Å². The molecule has 0 amide bonds. The fraction of sp³-hybridized carbons (Fsp3) is 0.200. The molecule has 0 aliphatic heterocycles. The van der Waals surface area contributed by atoms with Gasteiger partial charge in [-0.3, -0.25) is 0 Å². The van der Waals surface area contributed by atoms with E-state index in [-0.39, 0.29) is 5.46 Å². The molecule has 0 aromatic heterocycles. The Labute approximate surface area is 88.0 Å². The molecule has 0 fully saturated rings. The van der Waals surface area contributed by atoms with Gasteiger partial charge in [0.25, 0.3) is 0 Å². The lowest BCUT2D eigenvalue weighted by Crippen LogP contribution is -2.32. The first-order chi connectivity index (χ1) is 7.15. The maximum absolute atomic E-state index is 13.2. The summed E-state index contributed by atoms with van der Waals surface area (Å²) in [5.74, 6) is -0.333. The summed E-state index contributed by atoms with van der Waals surface area (Å²) in [5.41, 5.74) is -0.161. The van der Waals surface area contributed by atoms with Gasteiger partial charge in [0.2, 0.25) is 0 Å². The van der Waals surface area contributed by atoms with Crippen molar-refractivity contribution in [2.24, 2.45) is 0 Å². The van der Waals surface area contributed by atoms with Crippen LogP contribution in [0.2, 0.25) is 0 Å². The fourth-order valence-electron chi connectivity index (χ4n) is 1.07. The topological polar surface area (TPSA) is 49.7 Å². The van der Waals surface area contributed by atoms with Crippen LogP contribution in [0.25, 0.3) is 0 Å². The molecule has 0 atom stereocenters. The number of hydrogen-bond acceptors (Lipinski definition) is 3. The monoisotopic (exact) mass is 210 g/mol. The Bertz CT molecular complexity index is 341. The summed E-state index contributed by atoms with van der Waals surface area (Å²) in [4.78, 5) is 0. The third-order valence-corrected chi connectivity index (χ3v) is 1.84. The van der Waals surface area contributed by atoms with E-state index < -0.39 is 12.9 Å². The molecule has 0 heterocycles. The molecule has 0 aliphatic rings. The minimum atomic E-state index is -1.80. The van der Waals surface area contributed by atoms with Crippen LogP contribution in [0.1, 0.15) is 6.42 Å². The van der Waals surface area contributed by atoms with Crippen molar-refractivity contribution in [2.45, 2.75) is 6.42 Å². The van der Waals surface area contributed by atoms with E-state index in [0.29, 0.717) is 18.8 Å². The molecule has 0 unspecified atom stereocenters. The highest BCUT2D eigenvalue weighted by molar-refractivity contribution is 6.58. The molecule has 5 heteroatoms. The van der Waals surface area contributed by atoms with Crippen molar-refractivity contribution >= 4 is 12.6 Å². The zero-order valence-corrected chi connectivity index (χ0v) is 8.19. The van der Waals surface area contributed by atoms with Crippen LogP contribution in [0.15, 0.2) is 30.9 Å². The number of halogens is 1. The van der Waals surface area contributed by atoms with Crippen LogP contribution in [0, 0.1) is 5.82 Å². The highest BCUT2D eigenvalue weighted by atomic mass is 19.1. The molecule has 3 nitrogen and oxygen atoms in total. The Morgan fingerprint density at radius 2 is 2.20 bits per heavy atom. The summed E-state index contributed by atoms with van der Waals surface area (Å²) < 4.78 is 18.4. The van der Waals surface area contributed by atoms with Crippen LogP contribution in [-0.2, 0) is 0 Å². The normalized spacial score (nSPS) is 9.80. The van der Waals surface area contributed by atoms with Gasteiger partial charge in [-0.1, -0.05) is 12.1 Å². The number of ether oxygens (including phenoxy) is 1. The maximum Gasteiger partial charge on any atom is 0.491 e. The van der Waals surface area contributed by atoms with Crippen LogP contribution in [0.5, 0.6) is 5.75 Å². The summed E-state index contributed by atoms with van der Waals surface area (Å²) in [5, 5.41) is 17.5. The van der Waals surface area contributed by atoms with Gasteiger partial charge in [-0.15, -0.1) is 6.58 Å². The minimum absolute atomic E-state index is 0.161. The molecule has 15 heavy (non-hydrogen) atoms. The lowest BCUT2D eigenvalue weighted by Gasteiger charge is -2.06. The van der Waals surface area contributed by atoms with Crippen molar-refractivity contribution < 1.29 is 19.2 Å². The van der Waals surface area contributed by atoms with E-state index in [4.69, 9.17) is 14.8 Å². The van der Waals surface area contributed by atoms with E-state index in [2.05, 4.69) is 6.58 Å². The fourth-order valence-corrected chi connectivity index (χ4v) is 1.07. The summed E-state index contributed by atoms with van der Waals surface area (Å²) in [6.07, 6.45) is 2.37. The zero-order chi connectivity index (χ0) is 11.3. The van der Waals surface area contributed by atoms with Gasteiger partial charge in [0.15, 0.2) is 0 Å². The summed E-state index contributed by atoms with van der Waals surface area (Å²) in [7, 11) is -1.80. The summed E-state index contributed by atoms with van der Waals surface area (Å²) in [6, 6.07) is 3.89. The third kappa shape index (κ3) is 3.38. The average molecular weight is 210 g/mol. The van der Waals surface area contributed by atoms with Crippen molar-refractivity contribution in [2.75, 3.05) is 6.61 Å². The van der Waals surface area contributed by atoms with Crippen LogP contribution in [-0.4, -0.2) is 23.8 Å². The van der Waals surface area contributed by atoms with E-state index >= 15 is 0 Å². The lowest BCUT2D eigenvalue weighted by atomic mass is 9.80. The highest BCUT2D eigenvalue weighted by Gasteiger charge is 2.16. The van der Waals surface area contributed by atoms with E-state index in [1.807, 2.05) is 0 Å². The van der Waals surface area contributed by atoms with Gasteiger partial charge >= 0.3 is 7.12 Å². The first-order valence-electron chi connectivity index (χ1n) is 4.54. The maximum atomic E-state index is 13.2. The second-order valence-corrected chi connectivity index (χ2v) is 2.98.